The summed E-state index contributed by atoms with van der Waals surface area (Å²) in [6, 6.07) is 51.3. The monoisotopic (exact) mass is 462 g/mol. The molecule has 0 saturated heterocycles. The van der Waals surface area contributed by atoms with Gasteiger partial charge < -0.3 is 0 Å². The van der Waals surface area contributed by atoms with Gasteiger partial charge in [0.2, 0.25) is 0 Å². The van der Waals surface area contributed by atoms with E-state index in [4.69, 9.17) is 0 Å². The zero-order valence-electron chi connectivity index (χ0n) is 19.2. The van der Waals surface area contributed by atoms with Crippen LogP contribution in [0.4, 0.5) is 0 Å². The van der Waals surface area contributed by atoms with Gasteiger partial charge in [-0.1, -0.05) is 140 Å². The Morgan fingerprint density at radius 2 is 0.800 bits per heavy atom. The zero-order chi connectivity index (χ0) is 23.2. The number of benzene rings is 7. The van der Waals surface area contributed by atoms with Gasteiger partial charge >= 0.3 is 0 Å². The summed E-state index contributed by atoms with van der Waals surface area (Å²) in [6.45, 7) is 0. The van der Waals surface area contributed by atoms with Crippen LogP contribution in [0.15, 0.2) is 140 Å². The Morgan fingerprint density at radius 1 is 0.314 bits per heavy atom. The first-order valence-corrected chi connectivity index (χ1v) is 13.4. The molecular weight excluding hydrogens is 439 g/mol. The minimum Gasteiger partial charge on any atom is -0.0622 e. The Balaban J connectivity index is 1.69. The first-order valence-electron chi connectivity index (χ1n) is 12.0. The van der Waals surface area contributed by atoms with E-state index in [1.807, 2.05) is 0 Å². The molecule has 0 N–H and O–H groups in total. The molecule has 0 fully saturated rings. The molecule has 1 heteroatoms. The lowest BCUT2D eigenvalue weighted by Gasteiger charge is -2.22. The van der Waals surface area contributed by atoms with E-state index in [0.29, 0.717) is 0 Å². The quantitative estimate of drug-likeness (QED) is 0.184. The molecule has 35 heavy (non-hydrogen) atoms. The van der Waals surface area contributed by atoms with Crippen molar-refractivity contribution in [2.45, 2.75) is 0 Å². The minimum absolute atomic E-state index is 0.718. The third-order valence-electron chi connectivity index (χ3n) is 6.98. The highest BCUT2D eigenvalue weighted by molar-refractivity contribution is 7.80. The van der Waals surface area contributed by atoms with Crippen LogP contribution in [0.3, 0.4) is 0 Å². The van der Waals surface area contributed by atoms with Crippen LogP contribution in [0.25, 0.3) is 43.1 Å². The molecule has 0 saturated carbocycles. The van der Waals surface area contributed by atoms with Gasteiger partial charge in [-0.2, -0.15) is 0 Å². The smallest absolute Gasteiger partial charge is 0.00139 e. The van der Waals surface area contributed by atoms with E-state index >= 15 is 0 Å². The molecule has 0 atom stereocenters. The van der Waals surface area contributed by atoms with Gasteiger partial charge in [0.05, 0.1) is 0 Å². The maximum atomic E-state index is 2.36. The molecule has 0 unspecified atom stereocenters. The normalized spacial score (nSPS) is 11.7. The van der Waals surface area contributed by atoms with Crippen molar-refractivity contribution in [1.29, 1.82) is 0 Å². The lowest BCUT2D eigenvalue weighted by atomic mass is 9.93. The van der Waals surface area contributed by atoms with Crippen LogP contribution in [0.2, 0.25) is 0 Å². The summed E-state index contributed by atoms with van der Waals surface area (Å²) < 4.78 is 0. The lowest BCUT2D eigenvalue weighted by Crippen LogP contribution is -2.21. The molecule has 0 aromatic heterocycles. The van der Waals surface area contributed by atoms with E-state index in [1.54, 1.807) is 0 Å². The summed E-state index contributed by atoms with van der Waals surface area (Å²) in [6.07, 6.45) is 0. The van der Waals surface area contributed by atoms with Crippen LogP contribution < -0.4 is 15.9 Å². The summed E-state index contributed by atoms with van der Waals surface area (Å²) in [5.74, 6) is 0. The number of rotatable bonds is 3. The van der Waals surface area contributed by atoms with Crippen LogP contribution >= 0.6 is 7.92 Å². The van der Waals surface area contributed by atoms with Crippen LogP contribution in [0.5, 0.6) is 0 Å². The van der Waals surface area contributed by atoms with Gasteiger partial charge in [-0.15, -0.1) is 0 Å². The third kappa shape index (κ3) is 3.34. The Morgan fingerprint density at radius 3 is 1.46 bits per heavy atom. The van der Waals surface area contributed by atoms with Gasteiger partial charge in [-0.3, -0.25) is 0 Å². The van der Waals surface area contributed by atoms with E-state index in [-0.39, 0.29) is 0 Å². The molecule has 7 aromatic carbocycles. The Labute approximate surface area is 206 Å². The molecule has 0 bridgehead atoms. The molecule has 0 spiro atoms. The summed E-state index contributed by atoms with van der Waals surface area (Å²) in [7, 11) is -0.718. The summed E-state index contributed by atoms with van der Waals surface area (Å²) in [4.78, 5) is 0. The SMILES string of the molecule is c1ccc(P(c2ccccc2)c2cccc3ccc4ccc5ccc6ccccc6c5c4c23)cc1. The van der Waals surface area contributed by atoms with Crippen molar-refractivity contribution in [3.05, 3.63) is 140 Å². The second kappa shape index (κ2) is 8.35. The van der Waals surface area contributed by atoms with Crippen LogP contribution in [-0.4, -0.2) is 0 Å². The topological polar surface area (TPSA) is 0 Å². The van der Waals surface area contributed by atoms with Crippen LogP contribution in [-0.2, 0) is 0 Å². The Kier molecular flexibility index (Phi) is 4.86. The standard InChI is InChI=1S/C34H23P/c1-3-12-28(13-4-1)35(29-14-5-2-6-15-29)31-17-9-11-25-20-22-27-23-21-26-19-18-24-10-7-8-16-30(24)32(26)34(27)33(25)31/h1-23H. The number of fused-ring (bicyclic) bond motifs is 7. The number of hydrogen-bond donors (Lipinski definition) is 0. The van der Waals surface area contributed by atoms with Crippen LogP contribution in [0.1, 0.15) is 0 Å². The van der Waals surface area contributed by atoms with E-state index in [1.165, 1.54) is 59.0 Å². The lowest BCUT2D eigenvalue weighted by molar-refractivity contribution is 1.75. The van der Waals surface area contributed by atoms with Crippen molar-refractivity contribution >= 4 is 66.9 Å². The fourth-order valence-corrected chi connectivity index (χ4v) is 7.93. The molecule has 0 amide bonds. The Bertz CT molecular complexity index is 1790. The van der Waals surface area contributed by atoms with Gasteiger partial charge in [0, 0.05) is 0 Å². The second-order valence-corrected chi connectivity index (χ2v) is 11.2. The molecule has 164 valence electrons. The minimum atomic E-state index is -0.718. The van der Waals surface area contributed by atoms with E-state index in [2.05, 4.69) is 140 Å². The highest BCUT2D eigenvalue weighted by Crippen LogP contribution is 2.41. The molecule has 0 aliphatic carbocycles. The van der Waals surface area contributed by atoms with Crippen LogP contribution in [0, 0.1) is 0 Å². The van der Waals surface area contributed by atoms with Gasteiger partial charge in [-0.05, 0) is 66.9 Å². The molecule has 7 aromatic rings. The third-order valence-corrected chi connectivity index (χ3v) is 9.46. The van der Waals surface area contributed by atoms with Gasteiger partial charge in [0.25, 0.3) is 0 Å². The first kappa shape index (κ1) is 20.4. The highest BCUT2D eigenvalue weighted by atomic mass is 31.1. The highest BCUT2D eigenvalue weighted by Gasteiger charge is 2.20. The molecule has 7 rings (SSSR count). The molecule has 0 aliphatic heterocycles. The molecule has 0 nitrogen and oxygen atoms in total. The van der Waals surface area contributed by atoms with E-state index < -0.39 is 7.92 Å². The molecular formula is C34H23P. The van der Waals surface area contributed by atoms with Crippen molar-refractivity contribution in [1.82, 2.24) is 0 Å². The average molecular weight is 463 g/mol. The predicted molar refractivity (Wildman–Crippen MR) is 155 cm³/mol. The van der Waals surface area contributed by atoms with E-state index in [0.717, 1.165) is 0 Å². The fraction of sp³-hybridized carbons (Fsp3) is 0. The van der Waals surface area contributed by atoms with Crippen molar-refractivity contribution in [2.24, 2.45) is 0 Å². The largest absolute Gasteiger partial charge is 0.0622 e. The fourth-order valence-electron chi connectivity index (χ4n) is 5.44. The zero-order valence-corrected chi connectivity index (χ0v) is 20.1. The maximum Gasteiger partial charge on any atom is -0.00139 e. The first-order chi connectivity index (χ1) is 17.4. The predicted octanol–water partition coefficient (Wildman–Crippen LogP) is 8.06. The maximum absolute atomic E-state index is 2.36. The summed E-state index contributed by atoms with van der Waals surface area (Å²) >= 11 is 0. The molecule has 0 aliphatic rings. The average Bonchev–Trinajstić information content (AvgIpc) is 2.94. The van der Waals surface area contributed by atoms with E-state index in [9.17, 15) is 0 Å². The van der Waals surface area contributed by atoms with Crippen molar-refractivity contribution in [3.63, 3.8) is 0 Å². The van der Waals surface area contributed by atoms with Gasteiger partial charge in [0.1, 0.15) is 0 Å². The van der Waals surface area contributed by atoms with Crippen molar-refractivity contribution in [3.8, 4) is 0 Å². The molecule has 0 radical (unpaired) electrons. The van der Waals surface area contributed by atoms with Gasteiger partial charge in [-0.25, -0.2) is 0 Å². The van der Waals surface area contributed by atoms with Crippen molar-refractivity contribution < 1.29 is 0 Å². The summed E-state index contributed by atoms with van der Waals surface area (Å²) in [5, 5.41) is 14.8. The molecule has 0 heterocycles. The van der Waals surface area contributed by atoms with Gasteiger partial charge in [0.15, 0.2) is 0 Å². The number of hydrogen-bond acceptors (Lipinski definition) is 0. The second-order valence-electron chi connectivity index (χ2n) is 9.00. The Hall–Kier alpha value is -3.99. The summed E-state index contributed by atoms with van der Waals surface area (Å²) in [5.41, 5.74) is 0. The van der Waals surface area contributed by atoms with Crippen molar-refractivity contribution in [2.75, 3.05) is 0 Å².